The fraction of sp³-hybridized carbons (Fsp3) is 0.103. The zero-order valence-corrected chi connectivity index (χ0v) is 20.9. The number of rotatable bonds is 6. The third-order valence-corrected chi connectivity index (χ3v) is 6.30. The van der Waals surface area contributed by atoms with Crippen molar-refractivity contribution < 1.29 is 18.0 Å². The van der Waals surface area contributed by atoms with E-state index in [2.05, 4.69) is 10.1 Å². The van der Waals surface area contributed by atoms with E-state index in [0.717, 1.165) is 21.9 Å². The highest BCUT2D eigenvalue weighted by molar-refractivity contribution is 6.05. The van der Waals surface area contributed by atoms with Crippen molar-refractivity contribution in [3.63, 3.8) is 0 Å². The Kier molecular flexibility index (Phi) is 6.60. The Morgan fingerprint density at radius 3 is 2.46 bits per heavy atom. The van der Waals surface area contributed by atoms with Gasteiger partial charge in [0.15, 0.2) is 11.5 Å². The van der Waals surface area contributed by atoms with Gasteiger partial charge in [0.05, 0.1) is 11.3 Å². The second-order valence-corrected chi connectivity index (χ2v) is 9.19. The number of nitriles is 1. The van der Waals surface area contributed by atoms with Gasteiger partial charge in [-0.15, -0.1) is 0 Å². The molecular weight excluding hydrogens is 505 g/mol. The van der Waals surface area contributed by atoms with Gasteiger partial charge >= 0.3 is 0 Å². The first-order valence-corrected chi connectivity index (χ1v) is 11.8. The second-order valence-electron chi connectivity index (χ2n) is 9.19. The number of aromatic nitrogens is 3. The van der Waals surface area contributed by atoms with Gasteiger partial charge in [0.25, 0.3) is 5.91 Å². The topological polar surface area (TPSA) is 101 Å². The van der Waals surface area contributed by atoms with Gasteiger partial charge < -0.3 is 10.6 Å². The molecule has 0 bridgehead atoms. The minimum atomic E-state index is -0.908. The number of nitrogens with zero attached hydrogens (tertiary/aromatic N) is 5. The average Bonchev–Trinajstić information content (AvgIpc) is 3.30. The molecule has 0 aliphatic carbocycles. The van der Waals surface area contributed by atoms with E-state index in [1.54, 1.807) is 24.5 Å². The van der Waals surface area contributed by atoms with Gasteiger partial charge in [-0.25, -0.2) is 17.9 Å². The lowest BCUT2D eigenvalue weighted by molar-refractivity contribution is 0.0996. The van der Waals surface area contributed by atoms with Crippen LogP contribution in [0, 0.1) is 28.8 Å². The first kappa shape index (κ1) is 25.6. The lowest BCUT2D eigenvalue weighted by atomic mass is 9.96. The average molecular weight is 527 g/mol. The highest BCUT2D eigenvalue weighted by Crippen LogP contribution is 2.35. The van der Waals surface area contributed by atoms with Crippen molar-refractivity contribution >= 4 is 16.8 Å². The molecule has 0 unspecified atom stereocenters. The molecule has 0 atom stereocenters. The van der Waals surface area contributed by atoms with Crippen molar-refractivity contribution in [2.24, 2.45) is 5.73 Å². The molecular formula is C29H21F3N6O. The fourth-order valence-electron chi connectivity index (χ4n) is 4.54. The molecule has 0 fully saturated rings. The summed E-state index contributed by atoms with van der Waals surface area (Å²) in [5.41, 5.74) is 7.11. The minimum Gasteiger partial charge on any atom is -0.364 e. The summed E-state index contributed by atoms with van der Waals surface area (Å²) in [7, 11) is 3.85. The SMILES string of the molecule is CN(C)Cc1ccncc1-c1ccc(-c2ccc3c(C(N)=O)nn(-c4ccc(F)c(C#N)c4)c3c2F)c(F)c1. The number of fused-ring (bicyclic) bond motifs is 1. The Balaban J connectivity index is 1.67. The van der Waals surface area contributed by atoms with E-state index in [-0.39, 0.29) is 39.0 Å². The number of amides is 1. The van der Waals surface area contributed by atoms with Gasteiger partial charge in [0, 0.05) is 41.0 Å². The van der Waals surface area contributed by atoms with Crippen LogP contribution in [0.4, 0.5) is 13.2 Å². The van der Waals surface area contributed by atoms with E-state index < -0.39 is 23.4 Å². The van der Waals surface area contributed by atoms with Crippen LogP contribution in [-0.2, 0) is 6.54 Å². The Hall–Kier alpha value is -5.01. The number of benzene rings is 3. The van der Waals surface area contributed by atoms with Crippen molar-refractivity contribution in [1.29, 1.82) is 5.26 Å². The summed E-state index contributed by atoms with van der Waals surface area (Å²) in [6, 6.07) is 14.3. The normalized spacial score (nSPS) is 11.2. The predicted molar refractivity (Wildman–Crippen MR) is 140 cm³/mol. The summed E-state index contributed by atoms with van der Waals surface area (Å²) in [4.78, 5) is 18.2. The van der Waals surface area contributed by atoms with Gasteiger partial charge in [0.2, 0.25) is 0 Å². The van der Waals surface area contributed by atoms with Crippen molar-refractivity contribution in [3.05, 3.63) is 101 Å². The predicted octanol–water partition coefficient (Wildman–Crippen LogP) is 5.20. The molecule has 0 radical (unpaired) electrons. The van der Waals surface area contributed by atoms with Crippen molar-refractivity contribution in [2.75, 3.05) is 14.1 Å². The van der Waals surface area contributed by atoms with Crippen LogP contribution in [0.2, 0.25) is 0 Å². The van der Waals surface area contributed by atoms with Crippen LogP contribution < -0.4 is 5.73 Å². The molecule has 5 rings (SSSR count). The molecule has 2 N–H and O–H groups in total. The van der Waals surface area contributed by atoms with E-state index in [4.69, 9.17) is 5.73 Å². The van der Waals surface area contributed by atoms with E-state index in [1.165, 1.54) is 36.4 Å². The first-order chi connectivity index (χ1) is 18.7. The second kappa shape index (κ2) is 10.0. The van der Waals surface area contributed by atoms with Crippen LogP contribution in [0.1, 0.15) is 21.6 Å². The number of hydrogen-bond donors (Lipinski definition) is 1. The van der Waals surface area contributed by atoms with Gasteiger partial charge in [0.1, 0.15) is 23.2 Å². The molecule has 10 heteroatoms. The van der Waals surface area contributed by atoms with Crippen molar-refractivity contribution in [3.8, 4) is 34.0 Å². The Labute approximate surface area is 221 Å². The lowest BCUT2D eigenvalue weighted by Crippen LogP contribution is -2.12. The van der Waals surface area contributed by atoms with Gasteiger partial charge in [-0.1, -0.05) is 18.2 Å². The zero-order chi connectivity index (χ0) is 27.8. The van der Waals surface area contributed by atoms with Gasteiger partial charge in [-0.05, 0) is 61.6 Å². The smallest absolute Gasteiger partial charge is 0.269 e. The Bertz CT molecular complexity index is 1810. The number of halogens is 3. The van der Waals surface area contributed by atoms with Crippen LogP contribution in [0.5, 0.6) is 0 Å². The number of hydrogen-bond acceptors (Lipinski definition) is 5. The van der Waals surface area contributed by atoms with E-state index in [0.29, 0.717) is 12.1 Å². The summed E-state index contributed by atoms with van der Waals surface area (Å²) in [6.07, 6.45) is 3.32. The molecule has 0 aliphatic heterocycles. The highest BCUT2D eigenvalue weighted by Gasteiger charge is 2.23. The van der Waals surface area contributed by atoms with Crippen molar-refractivity contribution in [1.82, 2.24) is 19.7 Å². The number of pyridine rings is 1. The maximum atomic E-state index is 16.1. The Morgan fingerprint density at radius 1 is 1.00 bits per heavy atom. The van der Waals surface area contributed by atoms with Gasteiger partial charge in [-0.3, -0.25) is 9.78 Å². The number of nitrogens with two attached hydrogens (primary N) is 1. The van der Waals surface area contributed by atoms with Crippen LogP contribution in [-0.4, -0.2) is 39.7 Å². The van der Waals surface area contributed by atoms with E-state index in [1.807, 2.05) is 25.1 Å². The standard InChI is InChI=1S/C29H21F3N6O/c1-37(2)15-17-9-10-35-14-23(17)16-3-5-20(25(31)12-16)21-6-7-22-27(29(34)39)36-38(28(22)26(21)32)19-4-8-24(30)18(11-19)13-33/h3-12,14H,15H2,1-2H3,(H2,34,39). The number of carbonyl (C=O) groups is 1. The third kappa shape index (κ3) is 4.60. The lowest BCUT2D eigenvalue weighted by Gasteiger charge is -2.15. The van der Waals surface area contributed by atoms with Crippen molar-refractivity contribution in [2.45, 2.75) is 6.54 Å². The summed E-state index contributed by atoms with van der Waals surface area (Å²) in [6.45, 7) is 0.621. The molecule has 0 saturated carbocycles. The van der Waals surface area contributed by atoms with Crippen LogP contribution in [0.3, 0.4) is 0 Å². The first-order valence-electron chi connectivity index (χ1n) is 11.8. The molecule has 7 nitrogen and oxygen atoms in total. The molecule has 2 heterocycles. The summed E-state index contributed by atoms with van der Waals surface area (Å²) in [5.74, 6) is -3.20. The molecule has 0 aliphatic rings. The molecule has 3 aromatic carbocycles. The van der Waals surface area contributed by atoms with Crippen LogP contribution in [0.15, 0.2) is 67.0 Å². The van der Waals surface area contributed by atoms with Gasteiger partial charge in [-0.2, -0.15) is 10.4 Å². The zero-order valence-electron chi connectivity index (χ0n) is 20.9. The number of primary amides is 1. The maximum Gasteiger partial charge on any atom is 0.269 e. The summed E-state index contributed by atoms with van der Waals surface area (Å²) in [5, 5.41) is 13.4. The molecule has 39 heavy (non-hydrogen) atoms. The Morgan fingerprint density at radius 2 is 1.77 bits per heavy atom. The van der Waals surface area contributed by atoms with Crippen LogP contribution in [0.25, 0.3) is 38.8 Å². The third-order valence-electron chi connectivity index (χ3n) is 6.30. The van der Waals surface area contributed by atoms with E-state index >= 15 is 8.78 Å². The molecule has 5 aromatic rings. The summed E-state index contributed by atoms with van der Waals surface area (Å²) < 4.78 is 46.6. The molecule has 2 aromatic heterocycles. The largest absolute Gasteiger partial charge is 0.364 e. The monoisotopic (exact) mass is 526 g/mol. The minimum absolute atomic E-state index is 0.0126. The molecule has 0 spiro atoms. The summed E-state index contributed by atoms with van der Waals surface area (Å²) >= 11 is 0. The molecule has 0 saturated heterocycles. The van der Waals surface area contributed by atoms with E-state index in [9.17, 15) is 14.4 Å². The highest BCUT2D eigenvalue weighted by atomic mass is 19.1. The quantitative estimate of drug-likeness (QED) is 0.328. The molecule has 1 amide bonds. The number of carbonyl (C=O) groups excluding carboxylic acids is 1. The van der Waals surface area contributed by atoms with Crippen LogP contribution >= 0.6 is 0 Å². The molecule has 194 valence electrons. The fourth-order valence-corrected chi connectivity index (χ4v) is 4.54. The maximum absolute atomic E-state index is 16.1.